The SMILES string of the molecule is CCOP(=O)(OCC)C1C(CO)CC=[N+]1[O-]. The van der Waals surface area contributed by atoms with Crippen molar-refractivity contribution in [1.29, 1.82) is 0 Å². The number of nitrogens with zero attached hydrogens (tertiary/aromatic N) is 1. The van der Waals surface area contributed by atoms with E-state index in [-0.39, 0.29) is 25.7 Å². The lowest BCUT2D eigenvalue weighted by Crippen LogP contribution is -2.28. The van der Waals surface area contributed by atoms with Crippen LogP contribution in [-0.4, -0.2) is 41.7 Å². The molecule has 94 valence electrons. The normalized spacial score (nSPS) is 25.8. The number of hydroxylamine groups is 1. The average molecular weight is 251 g/mol. The van der Waals surface area contributed by atoms with Crippen LogP contribution in [0.3, 0.4) is 0 Å². The molecule has 0 fully saturated rings. The van der Waals surface area contributed by atoms with Gasteiger partial charge in [-0.25, -0.2) is 4.74 Å². The monoisotopic (exact) mass is 251 g/mol. The zero-order valence-corrected chi connectivity index (χ0v) is 10.4. The van der Waals surface area contributed by atoms with Gasteiger partial charge in [0, 0.05) is 6.42 Å². The lowest BCUT2D eigenvalue weighted by molar-refractivity contribution is -0.473. The fourth-order valence-electron chi connectivity index (χ4n) is 1.79. The smallest absolute Gasteiger partial charge is 0.399 e. The summed E-state index contributed by atoms with van der Waals surface area (Å²) < 4.78 is 23.2. The Hall–Kier alpha value is -0.420. The van der Waals surface area contributed by atoms with Crippen LogP contribution in [0.25, 0.3) is 0 Å². The molecule has 7 heteroatoms. The zero-order chi connectivity index (χ0) is 12.2. The van der Waals surface area contributed by atoms with Crippen LogP contribution >= 0.6 is 7.60 Å². The van der Waals surface area contributed by atoms with Gasteiger partial charge in [-0.1, -0.05) is 0 Å². The quantitative estimate of drug-likeness (QED) is 0.435. The minimum atomic E-state index is -3.47. The highest BCUT2D eigenvalue weighted by Crippen LogP contribution is 2.57. The van der Waals surface area contributed by atoms with Crippen molar-refractivity contribution in [3.05, 3.63) is 5.21 Å². The molecule has 2 unspecified atom stereocenters. The second kappa shape index (κ2) is 5.77. The van der Waals surface area contributed by atoms with Gasteiger partial charge < -0.3 is 19.4 Å². The number of hydrogen-bond acceptors (Lipinski definition) is 5. The van der Waals surface area contributed by atoms with E-state index in [1.54, 1.807) is 13.8 Å². The van der Waals surface area contributed by atoms with Crippen molar-refractivity contribution in [2.45, 2.75) is 26.1 Å². The molecule has 0 spiro atoms. The van der Waals surface area contributed by atoms with Crippen LogP contribution in [0.1, 0.15) is 20.3 Å². The molecule has 1 aliphatic heterocycles. The van der Waals surface area contributed by atoms with Crippen LogP contribution in [-0.2, 0) is 13.6 Å². The van der Waals surface area contributed by atoms with Gasteiger partial charge in [0.05, 0.1) is 25.7 Å². The van der Waals surface area contributed by atoms with Gasteiger partial charge in [0.2, 0.25) is 0 Å². The minimum absolute atomic E-state index is 0.204. The molecule has 0 aromatic carbocycles. The van der Waals surface area contributed by atoms with Crippen LogP contribution in [0, 0.1) is 11.1 Å². The second-order valence-corrected chi connectivity index (χ2v) is 5.63. The van der Waals surface area contributed by atoms with E-state index in [2.05, 4.69) is 0 Å². The van der Waals surface area contributed by atoms with Gasteiger partial charge in [0.25, 0.3) is 5.78 Å². The van der Waals surface area contributed by atoms with Crippen LogP contribution in [0.5, 0.6) is 0 Å². The molecule has 1 aliphatic rings. The van der Waals surface area contributed by atoms with Crippen LogP contribution in [0.4, 0.5) is 0 Å². The number of aliphatic hydroxyl groups is 1. The van der Waals surface area contributed by atoms with Crippen LogP contribution < -0.4 is 0 Å². The Morgan fingerprint density at radius 1 is 1.50 bits per heavy atom. The first-order valence-corrected chi connectivity index (χ1v) is 6.98. The lowest BCUT2D eigenvalue weighted by Gasteiger charge is -2.25. The molecule has 0 amide bonds. The van der Waals surface area contributed by atoms with Gasteiger partial charge in [0.15, 0.2) is 6.21 Å². The van der Waals surface area contributed by atoms with Gasteiger partial charge in [-0.2, -0.15) is 0 Å². The Kier molecular flexibility index (Phi) is 4.92. The minimum Gasteiger partial charge on any atom is -0.623 e. The van der Waals surface area contributed by atoms with E-state index in [9.17, 15) is 9.77 Å². The van der Waals surface area contributed by atoms with E-state index in [1.165, 1.54) is 6.21 Å². The Morgan fingerprint density at radius 2 is 2.06 bits per heavy atom. The average Bonchev–Trinajstić information content (AvgIpc) is 2.60. The lowest BCUT2D eigenvalue weighted by atomic mass is 10.1. The van der Waals surface area contributed by atoms with Crippen molar-refractivity contribution in [3.63, 3.8) is 0 Å². The standard InChI is InChI=1S/C9H18NO5P/c1-3-14-16(13,15-4-2)9-8(7-11)5-6-10(9)12/h6,8-9,11H,3-5,7H2,1-2H3. The Morgan fingerprint density at radius 3 is 2.50 bits per heavy atom. The largest absolute Gasteiger partial charge is 0.623 e. The fraction of sp³-hybridized carbons (Fsp3) is 0.889. The maximum Gasteiger partial charge on any atom is 0.399 e. The molecule has 2 atom stereocenters. The maximum atomic E-state index is 12.4. The van der Waals surface area contributed by atoms with Gasteiger partial charge in [-0.05, 0) is 13.8 Å². The van der Waals surface area contributed by atoms with Crippen molar-refractivity contribution in [2.75, 3.05) is 19.8 Å². The predicted molar refractivity (Wildman–Crippen MR) is 59.5 cm³/mol. The molecule has 0 bridgehead atoms. The van der Waals surface area contributed by atoms with E-state index in [1.807, 2.05) is 0 Å². The van der Waals surface area contributed by atoms with Crippen molar-refractivity contribution < 1.29 is 23.5 Å². The van der Waals surface area contributed by atoms with E-state index < -0.39 is 13.4 Å². The van der Waals surface area contributed by atoms with Crippen molar-refractivity contribution in [2.24, 2.45) is 5.92 Å². The zero-order valence-electron chi connectivity index (χ0n) is 9.54. The Bertz CT molecular complexity index is 296. The molecule has 0 aromatic rings. The van der Waals surface area contributed by atoms with Gasteiger partial charge in [-0.15, -0.1) is 0 Å². The van der Waals surface area contributed by atoms with E-state index in [0.717, 1.165) is 0 Å². The van der Waals surface area contributed by atoms with E-state index >= 15 is 0 Å². The highest BCUT2D eigenvalue weighted by Gasteiger charge is 2.50. The molecule has 1 N–H and O–H groups in total. The summed E-state index contributed by atoms with van der Waals surface area (Å²) in [6.45, 7) is 3.59. The van der Waals surface area contributed by atoms with Crippen LogP contribution in [0.2, 0.25) is 0 Å². The number of aliphatic hydroxyl groups excluding tert-OH is 1. The van der Waals surface area contributed by atoms with Gasteiger partial charge in [0.1, 0.15) is 0 Å². The third-order valence-electron chi connectivity index (χ3n) is 2.45. The molecule has 0 saturated carbocycles. The summed E-state index contributed by atoms with van der Waals surface area (Å²) in [6, 6.07) is 0. The summed E-state index contributed by atoms with van der Waals surface area (Å²) in [5.41, 5.74) is 0. The van der Waals surface area contributed by atoms with Gasteiger partial charge >= 0.3 is 7.60 Å². The van der Waals surface area contributed by atoms with Crippen molar-refractivity contribution in [3.8, 4) is 0 Å². The molecular weight excluding hydrogens is 233 g/mol. The number of rotatable bonds is 6. The Labute approximate surface area is 95.0 Å². The molecular formula is C9H18NO5P. The van der Waals surface area contributed by atoms with Crippen LogP contribution in [0.15, 0.2) is 0 Å². The first-order chi connectivity index (χ1) is 7.59. The second-order valence-electron chi connectivity index (χ2n) is 3.51. The topological polar surface area (TPSA) is 81.8 Å². The molecule has 0 aromatic heterocycles. The Balaban J connectivity index is 2.92. The molecule has 6 nitrogen and oxygen atoms in total. The summed E-state index contributed by atoms with van der Waals surface area (Å²) in [7, 11) is -3.47. The molecule has 0 saturated heterocycles. The predicted octanol–water partition coefficient (Wildman–Crippen LogP) is 1.17. The first-order valence-electron chi connectivity index (χ1n) is 5.37. The summed E-state index contributed by atoms with van der Waals surface area (Å²) >= 11 is 0. The third-order valence-corrected chi connectivity index (χ3v) is 4.98. The molecule has 1 heterocycles. The summed E-state index contributed by atoms with van der Waals surface area (Å²) in [6.07, 6.45) is 1.77. The maximum absolute atomic E-state index is 12.4. The summed E-state index contributed by atoms with van der Waals surface area (Å²) in [4.78, 5) is 0. The summed E-state index contributed by atoms with van der Waals surface area (Å²) in [5, 5.41) is 20.7. The van der Waals surface area contributed by atoms with Crippen molar-refractivity contribution >= 4 is 13.8 Å². The molecule has 0 aliphatic carbocycles. The van der Waals surface area contributed by atoms with E-state index in [0.29, 0.717) is 11.2 Å². The van der Waals surface area contributed by atoms with E-state index in [4.69, 9.17) is 14.2 Å². The highest BCUT2D eigenvalue weighted by molar-refractivity contribution is 7.54. The summed E-state index contributed by atoms with van der Waals surface area (Å²) in [5.74, 6) is -1.31. The van der Waals surface area contributed by atoms with Crippen molar-refractivity contribution in [1.82, 2.24) is 0 Å². The number of hydrogen-bond donors (Lipinski definition) is 1. The highest BCUT2D eigenvalue weighted by atomic mass is 31.2. The molecule has 16 heavy (non-hydrogen) atoms. The molecule has 0 radical (unpaired) electrons. The fourth-order valence-corrected chi connectivity index (χ4v) is 4.00. The van der Waals surface area contributed by atoms with Gasteiger partial charge in [-0.3, -0.25) is 4.57 Å². The first kappa shape index (κ1) is 13.6. The molecule has 1 rings (SSSR count). The third kappa shape index (κ3) is 2.63.